The van der Waals surface area contributed by atoms with E-state index in [4.69, 9.17) is 0 Å². The molecule has 0 saturated heterocycles. The first kappa shape index (κ1) is 18.1. The zero-order valence-electron chi connectivity index (χ0n) is 15.1. The third-order valence-corrected chi connectivity index (χ3v) is 5.35. The van der Waals surface area contributed by atoms with E-state index in [1.54, 1.807) is 0 Å². The average molecular weight is 366 g/mol. The molecule has 1 heterocycles. The van der Waals surface area contributed by atoms with Gasteiger partial charge in [0.05, 0.1) is 5.69 Å². The lowest BCUT2D eigenvalue weighted by molar-refractivity contribution is 0.0954. The Kier molecular flexibility index (Phi) is 6.02. The number of aromatic nitrogens is 1. The molecule has 1 amide bonds. The van der Waals surface area contributed by atoms with Gasteiger partial charge in [-0.15, -0.1) is 0 Å². The fourth-order valence-electron chi connectivity index (χ4n) is 2.71. The van der Waals surface area contributed by atoms with Crippen LogP contribution in [-0.2, 0) is 13.0 Å². The van der Waals surface area contributed by atoms with Crippen molar-refractivity contribution in [1.29, 1.82) is 0 Å². The van der Waals surface area contributed by atoms with E-state index in [-0.39, 0.29) is 5.91 Å². The first-order chi connectivity index (χ1) is 12.6. The number of carbonyl (C=O) groups is 1. The number of amides is 1. The number of anilines is 1. The lowest BCUT2D eigenvalue weighted by atomic mass is 10.1. The Labute approximate surface area is 158 Å². The second-order valence-electron chi connectivity index (χ2n) is 6.21. The molecule has 2 aromatic carbocycles. The monoisotopic (exact) mass is 365 g/mol. The van der Waals surface area contributed by atoms with Gasteiger partial charge in [-0.05, 0) is 37.0 Å². The molecule has 26 heavy (non-hydrogen) atoms. The minimum atomic E-state index is -0.0700. The van der Waals surface area contributed by atoms with Crippen molar-refractivity contribution in [1.82, 2.24) is 10.3 Å². The first-order valence-corrected chi connectivity index (χ1v) is 9.53. The van der Waals surface area contributed by atoms with E-state index < -0.39 is 0 Å². The molecule has 5 heteroatoms. The number of rotatable bonds is 7. The van der Waals surface area contributed by atoms with Crippen LogP contribution in [0.2, 0.25) is 0 Å². The van der Waals surface area contributed by atoms with Gasteiger partial charge in [-0.2, -0.15) is 0 Å². The largest absolute Gasteiger partial charge is 0.361 e. The molecule has 0 aliphatic carbocycles. The molecule has 1 aromatic heterocycles. The normalized spacial score (nSPS) is 10.5. The third kappa shape index (κ3) is 4.70. The molecule has 3 rings (SSSR count). The second-order valence-corrected chi connectivity index (χ2v) is 7.20. The third-order valence-electron chi connectivity index (χ3n) is 4.24. The summed E-state index contributed by atoms with van der Waals surface area (Å²) in [5.41, 5.74) is 4.35. The van der Waals surface area contributed by atoms with E-state index in [9.17, 15) is 4.79 Å². The molecule has 3 aromatic rings. The highest BCUT2D eigenvalue weighted by atomic mass is 32.1. The Morgan fingerprint density at radius 1 is 1.04 bits per heavy atom. The molecule has 4 nitrogen and oxygen atoms in total. The fraction of sp³-hybridized carbons (Fsp3) is 0.238. The number of aryl methyl sites for hydroxylation is 2. The summed E-state index contributed by atoms with van der Waals surface area (Å²) in [4.78, 5) is 17.6. The van der Waals surface area contributed by atoms with Crippen molar-refractivity contribution in [2.75, 3.05) is 11.9 Å². The summed E-state index contributed by atoms with van der Waals surface area (Å²) in [5.74, 6) is -0.0700. The molecule has 0 aliphatic heterocycles. The van der Waals surface area contributed by atoms with Gasteiger partial charge in [-0.1, -0.05) is 65.9 Å². The van der Waals surface area contributed by atoms with Crippen molar-refractivity contribution in [2.24, 2.45) is 0 Å². The Bertz CT molecular complexity index is 874. The predicted octanol–water partition coefficient (Wildman–Crippen LogP) is 4.34. The lowest BCUT2D eigenvalue weighted by Gasteiger charge is -2.07. The number of hydrogen-bond acceptors (Lipinski definition) is 4. The summed E-state index contributed by atoms with van der Waals surface area (Å²) in [6, 6.07) is 18.4. The van der Waals surface area contributed by atoms with Gasteiger partial charge in [0.2, 0.25) is 0 Å². The van der Waals surface area contributed by atoms with Crippen LogP contribution < -0.4 is 10.6 Å². The quantitative estimate of drug-likeness (QED) is 0.655. The molecule has 0 radical (unpaired) electrons. The van der Waals surface area contributed by atoms with Crippen molar-refractivity contribution < 1.29 is 4.79 Å². The molecule has 0 atom stereocenters. The molecular formula is C21H23N3OS. The SMILES string of the molecule is Cc1ccccc1CNC(=O)c1sc(NCCc2ccccc2)nc1C. The van der Waals surface area contributed by atoms with Crippen LogP contribution in [0.5, 0.6) is 0 Å². The minimum Gasteiger partial charge on any atom is -0.361 e. The van der Waals surface area contributed by atoms with Gasteiger partial charge in [0.1, 0.15) is 4.88 Å². The highest BCUT2D eigenvalue weighted by Crippen LogP contribution is 2.22. The Morgan fingerprint density at radius 2 is 1.77 bits per heavy atom. The van der Waals surface area contributed by atoms with Gasteiger partial charge in [0.25, 0.3) is 5.91 Å². The molecule has 134 valence electrons. The molecule has 0 saturated carbocycles. The van der Waals surface area contributed by atoms with Gasteiger partial charge in [-0.25, -0.2) is 4.98 Å². The van der Waals surface area contributed by atoms with Crippen molar-refractivity contribution >= 4 is 22.4 Å². The van der Waals surface area contributed by atoms with Crippen LogP contribution in [0.15, 0.2) is 54.6 Å². The molecule has 0 fully saturated rings. The van der Waals surface area contributed by atoms with Crippen LogP contribution >= 0.6 is 11.3 Å². The molecule has 0 aliphatic rings. The molecule has 0 bridgehead atoms. The van der Waals surface area contributed by atoms with Gasteiger partial charge >= 0.3 is 0 Å². The van der Waals surface area contributed by atoms with E-state index in [2.05, 4.69) is 27.8 Å². The maximum Gasteiger partial charge on any atom is 0.263 e. The number of nitrogens with one attached hydrogen (secondary N) is 2. The Hall–Kier alpha value is -2.66. The smallest absolute Gasteiger partial charge is 0.263 e. The average Bonchev–Trinajstić information content (AvgIpc) is 3.02. The molecule has 0 unspecified atom stereocenters. The van der Waals surface area contributed by atoms with Crippen LogP contribution in [0.3, 0.4) is 0 Å². The summed E-state index contributed by atoms with van der Waals surface area (Å²) in [5, 5.41) is 7.11. The number of thiazole rings is 1. The standard InChI is InChI=1S/C21H23N3OS/c1-15-8-6-7-11-18(15)14-23-20(25)19-16(2)24-21(26-19)22-13-12-17-9-4-3-5-10-17/h3-11H,12-14H2,1-2H3,(H,22,24)(H,23,25). The number of benzene rings is 2. The van der Waals surface area contributed by atoms with Gasteiger partial charge < -0.3 is 10.6 Å². The van der Waals surface area contributed by atoms with Crippen LogP contribution in [0.25, 0.3) is 0 Å². The van der Waals surface area contributed by atoms with Gasteiger partial charge in [0.15, 0.2) is 5.13 Å². The second kappa shape index (κ2) is 8.63. The van der Waals surface area contributed by atoms with E-state index >= 15 is 0 Å². The molecule has 0 spiro atoms. The van der Waals surface area contributed by atoms with Crippen LogP contribution in [0.4, 0.5) is 5.13 Å². The Morgan fingerprint density at radius 3 is 2.54 bits per heavy atom. The number of carbonyl (C=O) groups excluding carboxylic acids is 1. The summed E-state index contributed by atoms with van der Waals surface area (Å²) in [7, 11) is 0. The summed E-state index contributed by atoms with van der Waals surface area (Å²) >= 11 is 1.41. The van der Waals surface area contributed by atoms with E-state index in [1.807, 2.05) is 56.3 Å². The summed E-state index contributed by atoms with van der Waals surface area (Å²) in [6.07, 6.45) is 0.925. The van der Waals surface area contributed by atoms with E-state index in [0.717, 1.165) is 29.4 Å². The summed E-state index contributed by atoms with van der Waals surface area (Å²) in [6.45, 7) is 5.25. The van der Waals surface area contributed by atoms with Crippen LogP contribution in [0, 0.1) is 13.8 Å². The van der Waals surface area contributed by atoms with Crippen molar-refractivity contribution in [3.05, 3.63) is 81.9 Å². The van der Waals surface area contributed by atoms with E-state index in [1.165, 1.54) is 22.5 Å². The fourth-order valence-corrected chi connectivity index (χ4v) is 3.61. The van der Waals surface area contributed by atoms with Crippen LogP contribution in [0.1, 0.15) is 32.1 Å². The van der Waals surface area contributed by atoms with Crippen molar-refractivity contribution in [3.8, 4) is 0 Å². The molecular weight excluding hydrogens is 342 g/mol. The summed E-state index contributed by atoms with van der Waals surface area (Å²) < 4.78 is 0. The highest BCUT2D eigenvalue weighted by molar-refractivity contribution is 7.17. The lowest BCUT2D eigenvalue weighted by Crippen LogP contribution is -2.22. The van der Waals surface area contributed by atoms with Gasteiger partial charge in [0, 0.05) is 13.1 Å². The van der Waals surface area contributed by atoms with Crippen molar-refractivity contribution in [3.63, 3.8) is 0 Å². The van der Waals surface area contributed by atoms with Crippen LogP contribution in [-0.4, -0.2) is 17.4 Å². The van der Waals surface area contributed by atoms with E-state index in [0.29, 0.717) is 11.4 Å². The zero-order chi connectivity index (χ0) is 18.4. The highest BCUT2D eigenvalue weighted by Gasteiger charge is 2.15. The first-order valence-electron chi connectivity index (χ1n) is 8.71. The maximum atomic E-state index is 12.5. The molecule has 2 N–H and O–H groups in total. The van der Waals surface area contributed by atoms with Gasteiger partial charge in [-0.3, -0.25) is 4.79 Å². The predicted molar refractivity (Wildman–Crippen MR) is 108 cm³/mol. The number of hydrogen-bond donors (Lipinski definition) is 2. The topological polar surface area (TPSA) is 54.0 Å². The minimum absolute atomic E-state index is 0.0700. The Balaban J connectivity index is 1.55. The maximum absolute atomic E-state index is 12.5. The van der Waals surface area contributed by atoms with Crippen molar-refractivity contribution in [2.45, 2.75) is 26.8 Å². The zero-order valence-corrected chi connectivity index (χ0v) is 15.9. The number of nitrogens with zero attached hydrogens (tertiary/aromatic N) is 1.